The molecule has 0 aliphatic rings. The first-order valence-corrected chi connectivity index (χ1v) is 3.34. The fourth-order valence-corrected chi connectivity index (χ4v) is 0.883. The summed E-state index contributed by atoms with van der Waals surface area (Å²) in [7, 11) is 0. The number of anilines is 1. The Hall–Kier alpha value is -0.770. The van der Waals surface area contributed by atoms with Gasteiger partial charge in [0.05, 0.1) is 0 Å². The number of phenols is 1. The highest BCUT2D eigenvalue weighted by molar-refractivity contribution is 9.10. The van der Waals surface area contributed by atoms with Crippen LogP contribution in [0.2, 0.25) is 0 Å². The number of hydrogen-bond acceptors (Lipinski definition) is 2. The molecule has 1 aromatic rings. The minimum atomic E-state index is -0.708. The molecule has 0 saturated carbocycles. The number of phenolic OH excluding ortho intramolecular Hbond substituents is 1. The van der Waals surface area contributed by atoms with Crippen LogP contribution in [0.25, 0.3) is 0 Å². The third-order valence-corrected chi connectivity index (χ3v) is 1.75. The van der Waals surface area contributed by atoms with Gasteiger partial charge in [0.2, 0.25) is 0 Å². The highest BCUT2D eigenvalue weighted by Gasteiger charge is 2.02. The summed E-state index contributed by atoms with van der Waals surface area (Å²) in [6.45, 7) is 0. The monoisotopic (exact) mass is 205 g/mol. The quantitative estimate of drug-likeness (QED) is 0.502. The molecule has 54 valence electrons. The maximum atomic E-state index is 12.4. The highest BCUT2D eigenvalue weighted by Crippen LogP contribution is 2.26. The fraction of sp³-hybridized carbons (Fsp3) is 0. The molecule has 1 rings (SSSR count). The predicted octanol–water partition coefficient (Wildman–Crippen LogP) is 1.88. The van der Waals surface area contributed by atoms with Crippen LogP contribution >= 0.6 is 15.9 Å². The molecule has 10 heavy (non-hydrogen) atoms. The van der Waals surface area contributed by atoms with E-state index in [2.05, 4.69) is 15.9 Å². The number of rotatable bonds is 0. The van der Waals surface area contributed by atoms with Gasteiger partial charge in [0, 0.05) is 16.2 Å². The maximum absolute atomic E-state index is 12.4. The molecule has 1 aromatic carbocycles. The SMILES string of the molecule is Nc1cc(F)c(O)cc1Br. The van der Waals surface area contributed by atoms with Crippen molar-refractivity contribution in [3.05, 3.63) is 22.4 Å². The highest BCUT2D eigenvalue weighted by atomic mass is 79.9. The van der Waals surface area contributed by atoms with Crippen LogP contribution in [0.4, 0.5) is 10.1 Å². The molecule has 0 unspecified atom stereocenters. The molecule has 0 amide bonds. The Bertz CT molecular complexity index is 214. The second-order valence-corrected chi connectivity index (χ2v) is 2.68. The van der Waals surface area contributed by atoms with Crippen molar-refractivity contribution in [2.45, 2.75) is 0 Å². The van der Waals surface area contributed by atoms with E-state index >= 15 is 0 Å². The van der Waals surface area contributed by atoms with E-state index in [1.165, 1.54) is 6.07 Å². The molecule has 0 aromatic heterocycles. The van der Waals surface area contributed by atoms with Crippen molar-refractivity contribution >= 4 is 21.6 Å². The lowest BCUT2D eigenvalue weighted by Crippen LogP contribution is -1.87. The van der Waals surface area contributed by atoms with Crippen LogP contribution in [0, 0.1) is 5.82 Å². The first-order chi connectivity index (χ1) is 4.61. The Labute approximate surface area is 65.6 Å². The number of halogens is 2. The molecule has 4 heteroatoms. The van der Waals surface area contributed by atoms with E-state index in [-0.39, 0.29) is 5.69 Å². The Kier molecular flexibility index (Phi) is 1.80. The molecular formula is C6H5BrFNO. The Morgan fingerprint density at radius 1 is 1.50 bits per heavy atom. The Morgan fingerprint density at radius 3 is 2.60 bits per heavy atom. The van der Waals surface area contributed by atoms with Crippen molar-refractivity contribution in [3.63, 3.8) is 0 Å². The number of hydrogen-bond donors (Lipinski definition) is 2. The van der Waals surface area contributed by atoms with Crippen LogP contribution in [-0.2, 0) is 0 Å². The van der Waals surface area contributed by atoms with Crippen LogP contribution in [0.1, 0.15) is 0 Å². The molecule has 0 saturated heterocycles. The van der Waals surface area contributed by atoms with Gasteiger partial charge in [-0.15, -0.1) is 0 Å². The summed E-state index contributed by atoms with van der Waals surface area (Å²) in [5.41, 5.74) is 5.56. The lowest BCUT2D eigenvalue weighted by molar-refractivity contribution is 0.432. The van der Waals surface area contributed by atoms with Gasteiger partial charge in [-0.2, -0.15) is 0 Å². The molecule has 0 aliphatic carbocycles. The second-order valence-electron chi connectivity index (χ2n) is 1.83. The van der Waals surface area contributed by atoms with Gasteiger partial charge in [-0.05, 0) is 22.0 Å². The average Bonchev–Trinajstić information content (AvgIpc) is 1.84. The predicted molar refractivity (Wildman–Crippen MR) is 40.2 cm³/mol. The van der Waals surface area contributed by atoms with Gasteiger partial charge in [-0.3, -0.25) is 0 Å². The zero-order valence-electron chi connectivity index (χ0n) is 4.94. The van der Waals surface area contributed by atoms with E-state index in [0.717, 1.165) is 6.07 Å². The standard InChI is InChI=1S/C6H5BrFNO/c7-3-1-6(10)4(8)2-5(3)9/h1-2,10H,9H2. The summed E-state index contributed by atoms with van der Waals surface area (Å²) in [6, 6.07) is 2.27. The van der Waals surface area contributed by atoms with Gasteiger partial charge in [0.1, 0.15) is 0 Å². The Morgan fingerprint density at radius 2 is 2.10 bits per heavy atom. The molecule has 0 spiro atoms. The molecule has 3 N–H and O–H groups in total. The van der Waals surface area contributed by atoms with E-state index < -0.39 is 11.6 Å². The second kappa shape index (κ2) is 2.46. The van der Waals surface area contributed by atoms with Gasteiger partial charge >= 0.3 is 0 Å². The van der Waals surface area contributed by atoms with Crippen molar-refractivity contribution in [1.82, 2.24) is 0 Å². The van der Waals surface area contributed by atoms with Crippen LogP contribution < -0.4 is 5.73 Å². The number of aromatic hydroxyl groups is 1. The lowest BCUT2D eigenvalue weighted by Gasteiger charge is -1.98. The molecular weight excluding hydrogens is 201 g/mol. The van der Waals surface area contributed by atoms with Gasteiger partial charge in [0.15, 0.2) is 11.6 Å². The van der Waals surface area contributed by atoms with E-state index in [9.17, 15) is 4.39 Å². The molecule has 0 bridgehead atoms. The topological polar surface area (TPSA) is 46.2 Å². The van der Waals surface area contributed by atoms with Crippen LogP contribution in [0.5, 0.6) is 5.75 Å². The smallest absolute Gasteiger partial charge is 0.166 e. The molecule has 2 nitrogen and oxygen atoms in total. The normalized spacial score (nSPS) is 9.80. The number of benzene rings is 1. The first-order valence-electron chi connectivity index (χ1n) is 2.54. The summed E-state index contributed by atoms with van der Waals surface area (Å²) >= 11 is 3.03. The van der Waals surface area contributed by atoms with Crippen LogP contribution in [0.3, 0.4) is 0 Å². The zero-order valence-corrected chi connectivity index (χ0v) is 6.52. The number of nitrogens with two attached hydrogens (primary N) is 1. The van der Waals surface area contributed by atoms with E-state index in [0.29, 0.717) is 4.47 Å². The first kappa shape index (κ1) is 7.34. The summed E-state index contributed by atoms with van der Waals surface area (Å²) in [6.07, 6.45) is 0. The fourth-order valence-electron chi connectivity index (χ4n) is 0.552. The molecule has 0 aliphatic heterocycles. The van der Waals surface area contributed by atoms with Crippen molar-refractivity contribution < 1.29 is 9.50 Å². The lowest BCUT2D eigenvalue weighted by atomic mass is 10.3. The minimum absolute atomic E-state index is 0.273. The summed E-state index contributed by atoms with van der Waals surface area (Å²) in [4.78, 5) is 0. The molecule has 0 fully saturated rings. The minimum Gasteiger partial charge on any atom is -0.505 e. The van der Waals surface area contributed by atoms with Crippen molar-refractivity contribution in [3.8, 4) is 5.75 Å². The van der Waals surface area contributed by atoms with Gasteiger partial charge in [-0.25, -0.2) is 4.39 Å². The van der Waals surface area contributed by atoms with Gasteiger partial charge in [0.25, 0.3) is 0 Å². The maximum Gasteiger partial charge on any atom is 0.166 e. The Balaban J connectivity index is 3.28. The van der Waals surface area contributed by atoms with E-state index in [4.69, 9.17) is 10.8 Å². The molecule has 0 atom stereocenters. The summed E-state index contributed by atoms with van der Waals surface area (Å²) in [5, 5.41) is 8.76. The zero-order chi connectivity index (χ0) is 7.72. The molecule has 0 heterocycles. The third kappa shape index (κ3) is 1.21. The largest absolute Gasteiger partial charge is 0.505 e. The van der Waals surface area contributed by atoms with E-state index in [1.54, 1.807) is 0 Å². The van der Waals surface area contributed by atoms with Crippen LogP contribution in [-0.4, -0.2) is 5.11 Å². The van der Waals surface area contributed by atoms with Crippen molar-refractivity contribution in [1.29, 1.82) is 0 Å². The van der Waals surface area contributed by atoms with Crippen molar-refractivity contribution in [2.75, 3.05) is 5.73 Å². The van der Waals surface area contributed by atoms with Gasteiger partial charge < -0.3 is 10.8 Å². The van der Waals surface area contributed by atoms with Crippen molar-refractivity contribution in [2.24, 2.45) is 0 Å². The summed E-state index contributed by atoms with van der Waals surface area (Å²) in [5.74, 6) is -1.11. The third-order valence-electron chi connectivity index (χ3n) is 1.07. The number of nitrogen functional groups attached to an aromatic ring is 1. The summed E-state index contributed by atoms with van der Waals surface area (Å²) < 4.78 is 12.9. The van der Waals surface area contributed by atoms with E-state index in [1.807, 2.05) is 0 Å². The average molecular weight is 206 g/mol. The van der Waals surface area contributed by atoms with Gasteiger partial charge in [-0.1, -0.05) is 0 Å². The molecule has 0 radical (unpaired) electrons. The van der Waals surface area contributed by atoms with Crippen LogP contribution in [0.15, 0.2) is 16.6 Å².